The molecule has 1 amide bonds. The fourth-order valence-corrected chi connectivity index (χ4v) is 2.56. The minimum Gasteiger partial charge on any atom is -0.389 e. The zero-order valence-electron chi connectivity index (χ0n) is 11.8. The summed E-state index contributed by atoms with van der Waals surface area (Å²) in [5, 5.41) is 2.99. The third-order valence-corrected chi connectivity index (χ3v) is 4.28. The molecule has 0 aromatic carbocycles. The Morgan fingerprint density at radius 1 is 1.55 bits per heavy atom. The van der Waals surface area contributed by atoms with Crippen molar-refractivity contribution in [3.63, 3.8) is 0 Å². The molecule has 0 aliphatic heterocycles. The van der Waals surface area contributed by atoms with Gasteiger partial charge in [-0.15, -0.1) is 0 Å². The summed E-state index contributed by atoms with van der Waals surface area (Å²) in [5.74, 6) is -0.188. The first-order chi connectivity index (χ1) is 9.36. The third kappa shape index (κ3) is 2.66. The van der Waals surface area contributed by atoms with Gasteiger partial charge in [-0.25, -0.2) is 0 Å². The van der Waals surface area contributed by atoms with Gasteiger partial charge in [0.25, 0.3) is 5.91 Å². The molecule has 1 heterocycles. The molecule has 1 aliphatic rings. The van der Waals surface area contributed by atoms with E-state index >= 15 is 0 Å². The van der Waals surface area contributed by atoms with Crippen molar-refractivity contribution in [2.45, 2.75) is 32.4 Å². The van der Waals surface area contributed by atoms with Gasteiger partial charge in [0.1, 0.15) is 10.7 Å². The summed E-state index contributed by atoms with van der Waals surface area (Å²) in [7, 11) is 1.69. The van der Waals surface area contributed by atoms with Gasteiger partial charge in [-0.05, 0) is 18.6 Å². The van der Waals surface area contributed by atoms with E-state index in [2.05, 4.69) is 24.1 Å². The number of nitrogens with zero attached hydrogens (tertiary/aromatic N) is 1. The minimum absolute atomic E-state index is 0.0663. The average Bonchev–Trinajstić information content (AvgIpc) is 2.42. The zero-order chi connectivity index (χ0) is 14.9. The van der Waals surface area contributed by atoms with Gasteiger partial charge in [-0.3, -0.25) is 9.78 Å². The first kappa shape index (κ1) is 14.9. The standard InChI is InChI=1S/C14H19N3O2S/c1-14(2)10(6-11(14)19-3)17-13(18)9-5-4-8(7-16-9)12(15)20/h4-5,7,10-11H,6H2,1-3H3,(H2,15,20)(H,17,18). The van der Waals surface area contributed by atoms with E-state index < -0.39 is 0 Å². The Hall–Kier alpha value is -1.53. The van der Waals surface area contributed by atoms with Gasteiger partial charge in [-0.2, -0.15) is 0 Å². The Balaban J connectivity index is 2.01. The van der Waals surface area contributed by atoms with Crippen LogP contribution >= 0.6 is 12.2 Å². The van der Waals surface area contributed by atoms with Crippen molar-refractivity contribution in [1.82, 2.24) is 10.3 Å². The van der Waals surface area contributed by atoms with Gasteiger partial charge in [0.05, 0.1) is 6.10 Å². The van der Waals surface area contributed by atoms with Crippen LogP contribution in [-0.2, 0) is 4.74 Å². The molecule has 1 aromatic heterocycles. The van der Waals surface area contributed by atoms with Crippen molar-refractivity contribution >= 4 is 23.1 Å². The monoisotopic (exact) mass is 293 g/mol. The average molecular weight is 293 g/mol. The Morgan fingerprint density at radius 2 is 2.25 bits per heavy atom. The van der Waals surface area contributed by atoms with Crippen LogP contribution in [0.3, 0.4) is 0 Å². The van der Waals surface area contributed by atoms with Crippen molar-refractivity contribution in [3.05, 3.63) is 29.6 Å². The highest BCUT2D eigenvalue weighted by Gasteiger charge is 2.49. The van der Waals surface area contributed by atoms with Crippen LogP contribution in [0.25, 0.3) is 0 Å². The highest BCUT2D eigenvalue weighted by Crippen LogP contribution is 2.42. The van der Waals surface area contributed by atoms with Crippen LogP contribution in [0.2, 0.25) is 0 Å². The maximum absolute atomic E-state index is 12.1. The number of hydrogen-bond acceptors (Lipinski definition) is 4. The van der Waals surface area contributed by atoms with E-state index in [9.17, 15) is 4.79 Å². The van der Waals surface area contributed by atoms with E-state index in [1.165, 1.54) is 6.20 Å². The number of methoxy groups -OCH3 is 1. The maximum atomic E-state index is 12.1. The molecule has 2 rings (SSSR count). The van der Waals surface area contributed by atoms with E-state index in [0.29, 0.717) is 11.3 Å². The number of aromatic nitrogens is 1. The first-order valence-electron chi connectivity index (χ1n) is 6.45. The van der Waals surface area contributed by atoms with Crippen LogP contribution in [0.5, 0.6) is 0 Å². The summed E-state index contributed by atoms with van der Waals surface area (Å²) in [6, 6.07) is 3.43. The van der Waals surface area contributed by atoms with Crippen molar-refractivity contribution in [3.8, 4) is 0 Å². The lowest BCUT2D eigenvalue weighted by Gasteiger charge is -2.51. The van der Waals surface area contributed by atoms with Crippen molar-refractivity contribution in [2.24, 2.45) is 11.1 Å². The number of thiocarbonyl (C=S) groups is 1. The Labute approximate surface area is 123 Å². The molecule has 20 heavy (non-hydrogen) atoms. The first-order valence-corrected chi connectivity index (χ1v) is 6.86. The lowest BCUT2D eigenvalue weighted by molar-refractivity contribution is -0.0942. The lowest BCUT2D eigenvalue weighted by Crippen LogP contribution is -2.61. The SMILES string of the molecule is COC1CC(NC(=O)c2ccc(C(N)=S)cn2)C1(C)C. The molecule has 6 heteroatoms. The number of hydrogen-bond donors (Lipinski definition) is 2. The highest BCUT2D eigenvalue weighted by atomic mass is 32.1. The number of nitrogens with two attached hydrogens (primary N) is 1. The molecule has 0 bridgehead atoms. The van der Waals surface area contributed by atoms with E-state index in [1.807, 2.05) is 0 Å². The molecule has 0 spiro atoms. The van der Waals surface area contributed by atoms with Gasteiger partial charge in [0, 0.05) is 30.3 Å². The summed E-state index contributed by atoms with van der Waals surface area (Å²) in [5.41, 5.74) is 6.44. The predicted octanol–water partition coefficient (Wildman–Crippen LogP) is 1.26. The number of carbonyl (C=O) groups is 1. The van der Waals surface area contributed by atoms with E-state index in [1.54, 1.807) is 19.2 Å². The van der Waals surface area contributed by atoms with Gasteiger partial charge in [0.15, 0.2) is 0 Å². The summed E-state index contributed by atoms with van der Waals surface area (Å²) in [6.07, 6.45) is 2.51. The molecule has 108 valence electrons. The topological polar surface area (TPSA) is 77.2 Å². The third-order valence-electron chi connectivity index (χ3n) is 4.05. The number of amides is 1. The van der Waals surface area contributed by atoms with Crippen LogP contribution in [0, 0.1) is 5.41 Å². The molecular formula is C14H19N3O2S. The second kappa shape index (κ2) is 5.46. The van der Waals surface area contributed by atoms with Crippen LogP contribution in [0.15, 0.2) is 18.3 Å². The smallest absolute Gasteiger partial charge is 0.270 e. The number of rotatable bonds is 4. The van der Waals surface area contributed by atoms with E-state index in [0.717, 1.165) is 6.42 Å². The van der Waals surface area contributed by atoms with Gasteiger partial charge < -0.3 is 15.8 Å². The van der Waals surface area contributed by atoms with Crippen LogP contribution in [0.4, 0.5) is 0 Å². The van der Waals surface area contributed by atoms with Crippen LogP contribution in [-0.4, -0.2) is 35.1 Å². The fraction of sp³-hybridized carbons (Fsp3) is 0.500. The van der Waals surface area contributed by atoms with Crippen molar-refractivity contribution in [2.75, 3.05) is 7.11 Å². The summed E-state index contributed by atoms with van der Waals surface area (Å²) < 4.78 is 5.37. The molecule has 5 nitrogen and oxygen atoms in total. The van der Waals surface area contributed by atoms with Crippen LogP contribution < -0.4 is 11.1 Å². The Kier molecular flexibility index (Phi) is 4.06. The van der Waals surface area contributed by atoms with Crippen molar-refractivity contribution < 1.29 is 9.53 Å². The predicted molar refractivity (Wildman–Crippen MR) is 80.6 cm³/mol. The number of pyridine rings is 1. The summed E-state index contributed by atoms with van der Waals surface area (Å²) in [6.45, 7) is 4.16. The minimum atomic E-state index is -0.188. The summed E-state index contributed by atoms with van der Waals surface area (Å²) >= 11 is 4.85. The van der Waals surface area contributed by atoms with Gasteiger partial charge in [-0.1, -0.05) is 26.1 Å². The molecular weight excluding hydrogens is 274 g/mol. The van der Waals surface area contributed by atoms with Crippen LogP contribution in [0.1, 0.15) is 36.3 Å². The molecule has 0 radical (unpaired) electrons. The molecule has 1 fully saturated rings. The molecule has 0 saturated heterocycles. The van der Waals surface area contributed by atoms with Gasteiger partial charge >= 0.3 is 0 Å². The zero-order valence-corrected chi connectivity index (χ0v) is 12.7. The van der Waals surface area contributed by atoms with E-state index in [-0.39, 0.29) is 28.5 Å². The second-order valence-corrected chi connectivity index (χ2v) is 6.04. The van der Waals surface area contributed by atoms with Gasteiger partial charge in [0.2, 0.25) is 0 Å². The number of nitrogens with one attached hydrogen (secondary N) is 1. The molecule has 2 unspecified atom stereocenters. The maximum Gasteiger partial charge on any atom is 0.270 e. The molecule has 1 aromatic rings. The molecule has 1 aliphatic carbocycles. The second-order valence-electron chi connectivity index (χ2n) is 5.60. The molecule has 1 saturated carbocycles. The summed E-state index contributed by atoms with van der Waals surface area (Å²) in [4.78, 5) is 16.5. The molecule has 3 N–H and O–H groups in total. The highest BCUT2D eigenvalue weighted by molar-refractivity contribution is 7.80. The quantitative estimate of drug-likeness (QED) is 0.817. The number of carbonyl (C=O) groups excluding carboxylic acids is 1. The lowest BCUT2D eigenvalue weighted by atomic mass is 9.64. The fourth-order valence-electron chi connectivity index (χ4n) is 2.44. The van der Waals surface area contributed by atoms with Crippen molar-refractivity contribution in [1.29, 1.82) is 0 Å². The Bertz CT molecular complexity index is 528. The molecule has 2 atom stereocenters. The normalized spacial score (nSPS) is 23.8. The Morgan fingerprint density at radius 3 is 2.70 bits per heavy atom. The van der Waals surface area contributed by atoms with E-state index in [4.69, 9.17) is 22.7 Å². The number of ether oxygens (including phenoxy) is 1. The largest absolute Gasteiger partial charge is 0.389 e.